The normalized spacial score (nSPS) is 10.5. The Morgan fingerprint density at radius 1 is 1.21 bits per heavy atom. The fourth-order valence-electron chi connectivity index (χ4n) is 1.24. The third kappa shape index (κ3) is 1.15. The minimum atomic E-state index is 0.257. The van der Waals surface area contributed by atoms with E-state index in [1.807, 2.05) is 7.05 Å². The van der Waals surface area contributed by atoms with Gasteiger partial charge in [0.1, 0.15) is 0 Å². The summed E-state index contributed by atoms with van der Waals surface area (Å²) in [4.78, 5) is 12.2. The highest BCUT2D eigenvalue weighted by atomic mass is 16.5. The van der Waals surface area contributed by atoms with Crippen LogP contribution in [0, 0.1) is 0 Å². The summed E-state index contributed by atoms with van der Waals surface area (Å²) in [5.41, 5.74) is 1.32. The van der Waals surface area contributed by atoms with Gasteiger partial charge in [-0.3, -0.25) is 0 Å². The van der Waals surface area contributed by atoms with Crippen molar-refractivity contribution >= 4 is 11.2 Å². The van der Waals surface area contributed by atoms with Crippen LogP contribution in [0.3, 0.4) is 0 Å². The molecule has 0 saturated heterocycles. The number of rotatable bonds is 2. The SMILES string of the molecule is COc1nc(OC)c2c(ncn2C)n1. The van der Waals surface area contributed by atoms with E-state index in [0.29, 0.717) is 11.5 Å². The number of fused-ring (bicyclic) bond motifs is 1. The molecule has 0 amide bonds. The average molecular weight is 194 g/mol. The summed E-state index contributed by atoms with van der Waals surface area (Å²) in [6.45, 7) is 0. The van der Waals surface area contributed by atoms with Gasteiger partial charge in [-0.2, -0.15) is 9.97 Å². The van der Waals surface area contributed by atoms with Crippen LogP contribution in [0.4, 0.5) is 0 Å². The molecule has 0 aliphatic heterocycles. The van der Waals surface area contributed by atoms with Crippen molar-refractivity contribution in [2.24, 2.45) is 7.05 Å². The zero-order valence-electron chi connectivity index (χ0n) is 8.18. The van der Waals surface area contributed by atoms with Crippen molar-refractivity contribution < 1.29 is 9.47 Å². The van der Waals surface area contributed by atoms with Gasteiger partial charge >= 0.3 is 6.01 Å². The first-order valence-corrected chi connectivity index (χ1v) is 4.03. The maximum Gasteiger partial charge on any atom is 0.321 e. The highest BCUT2D eigenvalue weighted by molar-refractivity contribution is 5.76. The summed E-state index contributed by atoms with van der Waals surface area (Å²) in [6, 6.07) is 0.257. The number of hydrogen-bond donors (Lipinski definition) is 0. The van der Waals surface area contributed by atoms with Crippen LogP contribution in [0.25, 0.3) is 11.2 Å². The molecular weight excluding hydrogens is 184 g/mol. The summed E-state index contributed by atoms with van der Waals surface area (Å²) < 4.78 is 11.8. The maximum atomic E-state index is 5.12. The Morgan fingerprint density at radius 2 is 2.00 bits per heavy atom. The summed E-state index contributed by atoms with van der Waals surface area (Å²) in [5, 5.41) is 0. The molecule has 0 bridgehead atoms. The van der Waals surface area contributed by atoms with E-state index < -0.39 is 0 Å². The number of ether oxygens (including phenoxy) is 2. The summed E-state index contributed by atoms with van der Waals surface area (Å²) in [7, 11) is 4.91. The van der Waals surface area contributed by atoms with Crippen LogP contribution < -0.4 is 9.47 Å². The third-order valence-electron chi connectivity index (χ3n) is 1.89. The van der Waals surface area contributed by atoms with E-state index in [0.717, 1.165) is 5.52 Å². The fourth-order valence-corrected chi connectivity index (χ4v) is 1.24. The molecule has 0 aromatic carbocycles. The Kier molecular flexibility index (Phi) is 1.95. The number of methoxy groups -OCH3 is 2. The molecule has 0 radical (unpaired) electrons. The molecule has 0 aliphatic carbocycles. The van der Waals surface area contributed by atoms with Crippen LogP contribution in [0.15, 0.2) is 6.33 Å². The van der Waals surface area contributed by atoms with Crippen molar-refractivity contribution in [3.05, 3.63) is 6.33 Å². The first-order chi connectivity index (χ1) is 6.76. The number of aromatic nitrogens is 4. The molecule has 0 aliphatic rings. The quantitative estimate of drug-likeness (QED) is 0.691. The van der Waals surface area contributed by atoms with Gasteiger partial charge in [0.15, 0.2) is 11.2 Å². The Morgan fingerprint density at radius 3 is 2.64 bits per heavy atom. The molecule has 0 spiro atoms. The minimum Gasteiger partial charge on any atom is -0.479 e. The zero-order valence-corrected chi connectivity index (χ0v) is 8.18. The van der Waals surface area contributed by atoms with Crippen molar-refractivity contribution in [3.8, 4) is 11.9 Å². The smallest absolute Gasteiger partial charge is 0.321 e. The summed E-state index contributed by atoms with van der Waals surface area (Å²) in [5.74, 6) is 0.465. The molecule has 0 saturated carbocycles. The molecule has 2 aromatic heterocycles. The van der Waals surface area contributed by atoms with Crippen LogP contribution >= 0.6 is 0 Å². The van der Waals surface area contributed by atoms with E-state index in [9.17, 15) is 0 Å². The lowest BCUT2D eigenvalue weighted by Gasteiger charge is -2.03. The predicted molar refractivity (Wildman–Crippen MR) is 49.4 cm³/mol. The Bertz CT molecular complexity index is 466. The van der Waals surface area contributed by atoms with Crippen LogP contribution in [0.1, 0.15) is 0 Å². The third-order valence-corrected chi connectivity index (χ3v) is 1.89. The highest BCUT2D eigenvalue weighted by Gasteiger charge is 2.12. The lowest BCUT2D eigenvalue weighted by molar-refractivity contribution is 0.356. The minimum absolute atomic E-state index is 0.257. The Labute approximate surface area is 80.5 Å². The van der Waals surface area contributed by atoms with Gasteiger partial charge in [0, 0.05) is 7.05 Å². The monoisotopic (exact) mass is 194 g/mol. The second kappa shape index (κ2) is 3.13. The topological polar surface area (TPSA) is 62.1 Å². The first-order valence-electron chi connectivity index (χ1n) is 4.03. The molecule has 0 unspecified atom stereocenters. The second-order valence-corrected chi connectivity index (χ2v) is 2.75. The van der Waals surface area contributed by atoms with Gasteiger partial charge < -0.3 is 14.0 Å². The Hall–Kier alpha value is -1.85. The van der Waals surface area contributed by atoms with Crippen LogP contribution in [-0.2, 0) is 7.05 Å². The van der Waals surface area contributed by atoms with E-state index in [2.05, 4.69) is 15.0 Å². The first kappa shape index (κ1) is 8.74. The number of aryl methyl sites for hydroxylation is 1. The van der Waals surface area contributed by atoms with Gasteiger partial charge in [0.2, 0.25) is 5.88 Å². The molecule has 2 rings (SSSR count). The van der Waals surface area contributed by atoms with Crippen LogP contribution in [0.2, 0.25) is 0 Å². The maximum absolute atomic E-state index is 5.12. The fraction of sp³-hybridized carbons (Fsp3) is 0.375. The highest BCUT2D eigenvalue weighted by Crippen LogP contribution is 2.22. The standard InChI is InChI=1S/C8H10N4O2/c1-12-4-9-6-5(12)7(13-2)11-8(10-6)14-3/h4H,1-3H3. The van der Waals surface area contributed by atoms with Crippen molar-refractivity contribution in [2.75, 3.05) is 14.2 Å². The molecule has 6 nitrogen and oxygen atoms in total. The molecule has 2 heterocycles. The largest absolute Gasteiger partial charge is 0.479 e. The van der Waals surface area contributed by atoms with Crippen LogP contribution in [-0.4, -0.2) is 33.7 Å². The zero-order chi connectivity index (χ0) is 10.1. The molecule has 0 atom stereocenters. The van der Waals surface area contributed by atoms with Crippen molar-refractivity contribution in [1.29, 1.82) is 0 Å². The van der Waals surface area contributed by atoms with Crippen molar-refractivity contribution in [3.63, 3.8) is 0 Å². The predicted octanol–water partition coefficient (Wildman–Crippen LogP) is 0.380. The summed E-state index contributed by atoms with van der Waals surface area (Å²) in [6.07, 6.45) is 1.65. The molecule has 14 heavy (non-hydrogen) atoms. The van der Waals surface area contributed by atoms with Gasteiger partial charge in [-0.25, -0.2) is 4.98 Å². The number of hydrogen-bond acceptors (Lipinski definition) is 5. The molecule has 74 valence electrons. The molecular formula is C8H10N4O2. The molecule has 6 heteroatoms. The lowest BCUT2D eigenvalue weighted by Crippen LogP contribution is -1.98. The van der Waals surface area contributed by atoms with Gasteiger partial charge in [-0.05, 0) is 0 Å². The van der Waals surface area contributed by atoms with E-state index in [-0.39, 0.29) is 6.01 Å². The van der Waals surface area contributed by atoms with E-state index in [4.69, 9.17) is 9.47 Å². The van der Waals surface area contributed by atoms with Crippen molar-refractivity contribution in [1.82, 2.24) is 19.5 Å². The van der Waals surface area contributed by atoms with Gasteiger partial charge in [-0.1, -0.05) is 0 Å². The summed E-state index contributed by atoms with van der Waals surface area (Å²) >= 11 is 0. The molecule has 0 fully saturated rings. The lowest BCUT2D eigenvalue weighted by atomic mass is 10.5. The molecule has 2 aromatic rings. The second-order valence-electron chi connectivity index (χ2n) is 2.75. The van der Waals surface area contributed by atoms with Gasteiger partial charge in [-0.15, -0.1) is 0 Å². The average Bonchev–Trinajstić information content (AvgIpc) is 2.59. The van der Waals surface area contributed by atoms with Crippen molar-refractivity contribution in [2.45, 2.75) is 0 Å². The molecule has 0 N–H and O–H groups in total. The number of imidazole rings is 1. The Balaban J connectivity index is 2.76. The van der Waals surface area contributed by atoms with E-state index >= 15 is 0 Å². The number of nitrogens with zero attached hydrogens (tertiary/aromatic N) is 4. The van der Waals surface area contributed by atoms with E-state index in [1.165, 1.54) is 7.11 Å². The van der Waals surface area contributed by atoms with Gasteiger partial charge in [0.25, 0.3) is 0 Å². The van der Waals surface area contributed by atoms with E-state index in [1.54, 1.807) is 18.0 Å². The van der Waals surface area contributed by atoms with Gasteiger partial charge in [0.05, 0.1) is 20.5 Å². The van der Waals surface area contributed by atoms with Crippen LogP contribution in [0.5, 0.6) is 11.9 Å².